The lowest BCUT2D eigenvalue weighted by Crippen LogP contribution is -2.37. The molecule has 0 N–H and O–H groups in total. The second-order valence-electron chi connectivity index (χ2n) is 3.43. The van der Waals surface area contributed by atoms with Gasteiger partial charge in [0, 0.05) is 19.6 Å². The molecule has 0 amide bonds. The van der Waals surface area contributed by atoms with Gasteiger partial charge < -0.3 is 4.74 Å². The van der Waals surface area contributed by atoms with E-state index in [-0.39, 0.29) is 0 Å². The third-order valence-electron chi connectivity index (χ3n) is 2.15. The molecule has 2 heteroatoms. The number of rotatable bonds is 3. The van der Waals surface area contributed by atoms with Crippen molar-refractivity contribution in [1.82, 2.24) is 4.90 Å². The first-order chi connectivity index (χ1) is 6.33. The minimum atomic E-state index is 0.886. The molecule has 0 aromatic heterocycles. The minimum Gasteiger partial charge on any atom is -0.379 e. The van der Waals surface area contributed by atoms with E-state index in [2.05, 4.69) is 30.1 Å². The number of hydrogen-bond donors (Lipinski definition) is 0. The lowest BCUT2D eigenvalue weighted by molar-refractivity contribution is 0.0423. The first-order valence-corrected chi connectivity index (χ1v) is 4.91. The standard InChI is InChI=1S/C11H19NO/c1-3-4-5-11(2)10-12-6-8-13-9-7-12/h3-5H,6-10H2,1-2H3/b4-3-,11-5+. The highest BCUT2D eigenvalue weighted by Gasteiger charge is 2.09. The third-order valence-corrected chi connectivity index (χ3v) is 2.15. The van der Waals surface area contributed by atoms with Crippen molar-refractivity contribution in [2.75, 3.05) is 32.8 Å². The number of morpholine rings is 1. The zero-order valence-corrected chi connectivity index (χ0v) is 8.62. The summed E-state index contributed by atoms with van der Waals surface area (Å²) in [5.41, 5.74) is 1.42. The first kappa shape index (κ1) is 10.5. The van der Waals surface area contributed by atoms with Crippen molar-refractivity contribution in [1.29, 1.82) is 0 Å². The van der Waals surface area contributed by atoms with E-state index < -0.39 is 0 Å². The van der Waals surface area contributed by atoms with E-state index in [0.29, 0.717) is 0 Å². The van der Waals surface area contributed by atoms with Gasteiger partial charge in [-0.15, -0.1) is 0 Å². The van der Waals surface area contributed by atoms with E-state index in [1.54, 1.807) is 0 Å². The maximum Gasteiger partial charge on any atom is 0.0594 e. The van der Waals surface area contributed by atoms with Gasteiger partial charge in [0.25, 0.3) is 0 Å². The fraction of sp³-hybridized carbons (Fsp3) is 0.636. The van der Waals surface area contributed by atoms with Gasteiger partial charge in [-0.25, -0.2) is 0 Å². The Bertz CT molecular complexity index is 190. The molecule has 1 aliphatic heterocycles. The molecular formula is C11H19NO. The van der Waals surface area contributed by atoms with Gasteiger partial charge in [0.15, 0.2) is 0 Å². The molecule has 1 heterocycles. The van der Waals surface area contributed by atoms with Crippen molar-refractivity contribution < 1.29 is 4.74 Å². The Balaban J connectivity index is 2.29. The molecular weight excluding hydrogens is 162 g/mol. The molecule has 0 spiro atoms. The van der Waals surface area contributed by atoms with Gasteiger partial charge in [0.2, 0.25) is 0 Å². The van der Waals surface area contributed by atoms with E-state index >= 15 is 0 Å². The van der Waals surface area contributed by atoms with E-state index in [1.807, 2.05) is 6.92 Å². The molecule has 2 nitrogen and oxygen atoms in total. The van der Waals surface area contributed by atoms with Gasteiger partial charge in [-0.05, 0) is 13.8 Å². The molecule has 13 heavy (non-hydrogen) atoms. The number of allylic oxidation sites excluding steroid dienone is 3. The average molecular weight is 181 g/mol. The summed E-state index contributed by atoms with van der Waals surface area (Å²) < 4.78 is 5.29. The Hall–Kier alpha value is -0.600. The topological polar surface area (TPSA) is 12.5 Å². The van der Waals surface area contributed by atoms with E-state index in [4.69, 9.17) is 4.74 Å². The van der Waals surface area contributed by atoms with Crippen molar-refractivity contribution in [3.63, 3.8) is 0 Å². The molecule has 0 unspecified atom stereocenters. The summed E-state index contributed by atoms with van der Waals surface area (Å²) in [7, 11) is 0. The molecule has 0 atom stereocenters. The predicted octanol–water partition coefficient (Wildman–Crippen LogP) is 1.84. The Morgan fingerprint density at radius 3 is 2.69 bits per heavy atom. The Morgan fingerprint density at radius 1 is 1.38 bits per heavy atom. The second-order valence-corrected chi connectivity index (χ2v) is 3.43. The molecule has 1 aliphatic rings. The molecule has 0 bridgehead atoms. The lowest BCUT2D eigenvalue weighted by atomic mass is 10.2. The summed E-state index contributed by atoms with van der Waals surface area (Å²) in [6.07, 6.45) is 6.33. The Labute approximate surface area is 80.9 Å². The van der Waals surface area contributed by atoms with Crippen LogP contribution in [0.15, 0.2) is 23.8 Å². The SMILES string of the molecule is C/C=C\C=C(/C)CN1CCOCC1. The number of hydrogen-bond acceptors (Lipinski definition) is 2. The Morgan fingerprint density at radius 2 is 2.08 bits per heavy atom. The number of nitrogens with zero attached hydrogens (tertiary/aromatic N) is 1. The molecule has 1 fully saturated rings. The Kier molecular flexibility index (Phi) is 4.79. The van der Waals surface area contributed by atoms with Crippen molar-refractivity contribution >= 4 is 0 Å². The molecule has 0 aromatic rings. The van der Waals surface area contributed by atoms with Crippen LogP contribution >= 0.6 is 0 Å². The predicted molar refractivity (Wildman–Crippen MR) is 55.8 cm³/mol. The van der Waals surface area contributed by atoms with Crippen molar-refractivity contribution in [2.45, 2.75) is 13.8 Å². The zero-order valence-electron chi connectivity index (χ0n) is 8.62. The number of ether oxygens (including phenoxy) is 1. The highest BCUT2D eigenvalue weighted by atomic mass is 16.5. The molecule has 1 saturated heterocycles. The maximum absolute atomic E-state index is 5.29. The van der Waals surface area contributed by atoms with Gasteiger partial charge in [-0.2, -0.15) is 0 Å². The molecule has 74 valence electrons. The summed E-state index contributed by atoms with van der Waals surface area (Å²) in [6, 6.07) is 0. The van der Waals surface area contributed by atoms with Gasteiger partial charge >= 0.3 is 0 Å². The summed E-state index contributed by atoms with van der Waals surface area (Å²) in [6.45, 7) is 9.21. The van der Waals surface area contributed by atoms with Crippen LogP contribution in [0.5, 0.6) is 0 Å². The largest absolute Gasteiger partial charge is 0.379 e. The van der Waals surface area contributed by atoms with Crippen molar-refractivity contribution in [2.24, 2.45) is 0 Å². The van der Waals surface area contributed by atoms with Crippen LogP contribution in [0.1, 0.15) is 13.8 Å². The summed E-state index contributed by atoms with van der Waals surface area (Å²) in [5, 5.41) is 0. The third kappa shape index (κ3) is 4.25. The van der Waals surface area contributed by atoms with E-state index in [0.717, 1.165) is 32.8 Å². The summed E-state index contributed by atoms with van der Waals surface area (Å²) >= 11 is 0. The minimum absolute atomic E-state index is 0.886. The average Bonchev–Trinajstić information content (AvgIpc) is 2.16. The zero-order chi connectivity index (χ0) is 9.52. The van der Waals surface area contributed by atoms with Crippen LogP contribution in [0, 0.1) is 0 Å². The summed E-state index contributed by atoms with van der Waals surface area (Å²) in [4.78, 5) is 2.43. The van der Waals surface area contributed by atoms with E-state index in [9.17, 15) is 0 Å². The normalized spacial score (nSPS) is 21.2. The molecule has 1 rings (SSSR count). The highest BCUT2D eigenvalue weighted by molar-refractivity contribution is 5.11. The van der Waals surface area contributed by atoms with Gasteiger partial charge in [-0.3, -0.25) is 4.90 Å². The van der Waals surface area contributed by atoms with Crippen LogP contribution in [-0.4, -0.2) is 37.7 Å². The van der Waals surface area contributed by atoms with Crippen LogP contribution in [0.4, 0.5) is 0 Å². The molecule has 0 saturated carbocycles. The lowest BCUT2D eigenvalue weighted by Gasteiger charge is -2.26. The first-order valence-electron chi connectivity index (χ1n) is 4.91. The maximum atomic E-state index is 5.29. The smallest absolute Gasteiger partial charge is 0.0594 e. The van der Waals surface area contributed by atoms with Gasteiger partial charge in [0.05, 0.1) is 13.2 Å². The molecule has 0 aliphatic carbocycles. The van der Waals surface area contributed by atoms with Crippen LogP contribution in [0.2, 0.25) is 0 Å². The second kappa shape index (κ2) is 5.95. The monoisotopic (exact) mass is 181 g/mol. The quantitative estimate of drug-likeness (QED) is 0.616. The van der Waals surface area contributed by atoms with Gasteiger partial charge in [0.1, 0.15) is 0 Å². The van der Waals surface area contributed by atoms with Crippen molar-refractivity contribution in [3.8, 4) is 0 Å². The fourth-order valence-electron chi connectivity index (χ4n) is 1.43. The molecule has 0 radical (unpaired) electrons. The van der Waals surface area contributed by atoms with Crippen LogP contribution in [0.3, 0.4) is 0 Å². The van der Waals surface area contributed by atoms with Crippen LogP contribution < -0.4 is 0 Å². The van der Waals surface area contributed by atoms with Gasteiger partial charge in [-0.1, -0.05) is 23.8 Å². The molecule has 0 aromatic carbocycles. The van der Waals surface area contributed by atoms with E-state index in [1.165, 1.54) is 5.57 Å². The van der Waals surface area contributed by atoms with Crippen LogP contribution in [0.25, 0.3) is 0 Å². The fourth-order valence-corrected chi connectivity index (χ4v) is 1.43. The van der Waals surface area contributed by atoms with Crippen LogP contribution in [-0.2, 0) is 4.74 Å². The van der Waals surface area contributed by atoms with Crippen molar-refractivity contribution in [3.05, 3.63) is 23.8 Å². The summed E-state index contributed by atoms with van der Waals surface area (Å²) in [5.74, 6) is 0. The highest BCUT2D eigenvalue weighted by Crippen LogP contribution is 2.02.